The van der Waals surface area contributed by atoms with E-state index in [-0.39, 0.29) is 6.42 Å². The molecule has 0 bridgehead atoms. The van der Waals surface area contributed by atoms with E-state index in [1.807, 2.05) is 0 Å². The quantitative estimate of drug-likeness (QED) is 0.601. The number of carboxylic acid groups (broad SMARTS) is 1. The van der Waals surface area contributed by atoms with Crippen LogP contribution in [0.1, 0.15) is 52.9 Å². The van der Waals surface area contributed by atoms with Crippen molar-refractivity contribution in [3.8, 4) is 0 Å². The molecule has 0 aliphatic rings. The molecule has 0 fully saturated rings. The Hall–Kier alpha value is -0.570. The van der Waals surface area contributed by atoms with Gasteiger partial charge in [0.05, 0.1) is 6.42 Å². The van der Waals surface area contributed by atoms with Gasteiger partial charge in [-0.25, -0.2) is 0 Å². The molecule has 1 unspecified atom stereocenters. The zero-order chi connectivity index (χ0) is 11.7. The van der Waals surface area contributed by atoms with Gasteiger partial charge in [-0.05, 0) is 19.9 Å². The standard InChI is InChI=1S/C12H25NO2/c1-4-6-7-8-11(3)13(5-2)10-9-12(14)15/h11H,4-10H2,1-3H3,(H,14,15). The highest BCUT2D eigenvalue weighted by Crippen LogP contribution is 2.09. The largest absolute Gasteiger partial charge is 0.481 e. The third-order valence-electron chi connectivity index (χ3n) is 2.87. The number of rotatable bonds is 9. The number of carboxylic acids is 1. The van der Waals surface area contributed by atoms with E-state index in [1.54, 1.807) is 0 Å². The Morgan fingerprint density at radius 2 is 2.00 bits per heavy atom. The SMILES string of the molecule is CCCCCC(C)N(CC)CCC(=O)O. The van der Waals surface area contributed by atoms with Crippen LogP contribution in [0.25, 0.3) is 0 Å². The lowest BCUT2D eigenvalue weighted by molar-refractivity contribution is -0.137. The third-order valence-corrected chi connectivity index (χ3v) is 2.87. The number of aliphatic carboxylic acids is 1. The molecule has 1 atom stereocenters. The number of hydrogen-bond donors (Lipinski definition) is 1. The Kier molecular flexibility index (Phi) is 8.38. The fraction of sp³-hybridized carbons (Fsp3) is 0.917. The van der Waals surface area contributed by atoms with Crippen LogP contribution in [-0.4, -0.2) is 35.1 Å². The molecule has 0 rings (SSSR count). The normalized spacial score (nSPS) is 13.1. The van der Waals surface area contributed by atoms with Crippen molar-refractivity contribution in [1.29, 1.82) is 0 Å². The summed E-state index contributed by atoms with van der Waals surface area (Å²) in [6.07, 6.45) is 5.21. The molecule has 90 valence electrons. The molecule has 0 saturated heterocycles. The molecular formula is C12H25NO2. The molecule has 0 radical (unpaired) electrons. The number of unbranched alkanes of at least 4 members (excludes halogenated alkanes) is 2. The van der Waals surface area contributed by atoms with Crippen LogP contribution in [0.2, 0.25) is 0 Å². The summed E-state index contributed by atoms with van der Waals surface area (Å²) >= 11 is 0. The number of nitrogens with zero attached hydrogens (tertiary/aromatic N) is 1. The van der Waals surface area contributed by atoms with Gasteiger partial charge < -0.3 is 10.0 Å². The number of carbonyl (C=O) groups is 1. The first-order valence-electron chi connectivity index (χ1n) is 6.07. The van der Waals surface area contributed by atoms with Crippen LogP contribution in [0.3, 0.4) is 0 Å². The second-order valence-corrected chi connectivity index (χ2v) is 4.12. The highest BCUT2D eigenvalue weighted by Gasteiger charge is 2.12. The Morgan fingerprint density at radius 1 is 1.33 bits per heavy atom. The minimum atomic E-state index is -0.700. The van der Waals surface area contributed by atoms with Gasteiger partial charge in [0.15, 0.2) is 0 Å². The van der Waals surface area contributed by atoms with Gasteiger partial charge in [-0.1, -0.05) is 33.1 Å². The maximum Gasteiger partial charge on any atom is 0.304 e. The van der Waals surface area contributed by atoms with Gasteiger partial charge in [0.25, 0.3) is 0 Å². The van der Waals surface area contributed by atoms with Crippen molar-refractivity contribution < 1.29 is 9.90 Å². The van der Waals surface area contributed by atoms with E-state index in [4.69, 9.17) is 5.11 Å². The van der Waals surface area contributed by atoms with E-state index in [0.29, 0.717) is 12.6 Å². The maximum absolute atomic E-state index is 10.5. The fourth-order valence-electron chi connectivity index (χ4n) is 1.80. The van der Waals surface area contributed by atoms with Gasteiger partial charge in [-0.15, -0.1) is 0 Å². The predicted octanol–water partition coefficient (Wildman–Crippen LogP) is 2.75. The number of hydrogen-bond acceptors (Lipinski definition) is 2. The van der Waals surface area contributed by atoms with Crippen LogP contribution in [0.15, 0.2) is 0 Å². The average molecular weight is 215 g/mol. The summed E-state index contributed by atoms with van der Waals surface area (Å²) in [4.78, 5) is 12.7. The molecule has 1 N–H and O–H groups in total. The summed E-state index contributed by atoms with van der Waals surface area (Å²) in [7, 11) is 0. The van der Waals surface area contributed by atoms with Crippen LogP contribution < -0.4 is 0 Å². The van der Waals surface area contributed by atoms with Crippen LogP contribution in [0, 0.1) is 0 Å². The van der Waals surface area contributed by atoms with Crippen molar-refractivity contribution in [3.05, 3.63) is 0 Å². The highest BCUT2D eigenvalue weighted by atomic mass is 16.4. The van der Waals surface area contributed by atoms with Crippen LogP contribution >= 0.6 is 0 Å². The lowest BCUT2D eigenvalue weighted by Gasteiger charge is -2.27. The molecule has 0 aliphatic carbocycles. The summed E-state index contributed by atoms with van der Waals surface area (Å²) in [5.41, 5.74) is 0. The van der Waals surface area contributed by atoms with Crippen molar-refractivity contribution in [2.45, 2.75) is 58.9 Å². The van der Waals surface area contributed by atoms with Crippen molar-refractivity contribution >= 4 is 5.97 Å². The minimum Gasteiger partial charge on any atom is -0.481 e. The summed E-state index contributed by atoms with van der Waals surface area (Å²) in [5.74, 6) is -0.700. The zero-order valence-electron chi connectivity index (χ0n) is 10.3. The topological polar surface area (TPSA) is 40.5 Å². The van der Waals surface area contributed by atoms with E-state index in [0.717, 1.165) is 6.54 Å². The average Bonchev–Trinajstić information content (AvgIpc) is 2.18. The second kappa shape index (κ2) is 8.72. The third kappa shape index (κ3) is 7.37. The molecular weight excluding hydrogens is 190 g/mol. The lowest BCUT2D eigenvalue weighted by Crippen LogP contribution is -2.34. The summed E-state index contributed by atoms with van der Waals surface area (Å²) in [6.45, 7) is 8.12. The lowest BCUT2D eigenvalue weighted by atomic mass is 10.1. The smallest absolute Gasteiger partial charge is 0.304 e. The molecule has 0 heterocycles. The van der Waals surface area contributed by atoms with Gasteiger partial charge in [-0.2, -0.15) is 0 Å². The first kappa shape index (κ1) is 14.4. The molecule has 3 nitrogen and oxygen atoms in total. The Labute approximate surface area is 93.5 Å². The molecule has 0 aliphatic heterocycles. The molecule has 0 saturated carbocycles. The maximum atomic E-state index is 10.5. The fourth-order valence-corrected chi connectivity index (χ4v) is 1.80. The van der Waals surface area contributed by atoms with Gasteiger partial charge in [0.1, 0.15) is 0 Å². The first-order valence-corrected chi connectivity index (χ1v) is 6.07. The van der Waals surface area contributed by atoms with E-state index >= 15 is 0 Å². The first-order chi connectivity index (χ1) is 7.11. The van der Waals surface area contributed by atoms with Crippen LogP contribution in [-0.2, 0) is 4.79 Å². The van der Waals surface area contributed by atoms with Gasteiger partial charge in [0.2, 0.25) is 0 Å². The Morgan fingerprint density at radius 3 is 2.47 bits per heavy atom. The molecule has 0 spiro atoms. The monoisotopic (exact) mass is 215 g/mol. The highest BCUT2D eigenvalue weighted by molar-refractivity contribution is 5.66. The summed E-state index contributed by atoms with van der Waals surface area (Å²) < 4.78 is 0. The van der Waals surface area contributed by atoms with E-state index in [9.17, 15) is 4.79 Å². The predicted molar refractivity (Wildman–Crippen MR) is 63.1 cm³/mol. The van der Waals surface area contributed by atoms with Crippen LogP contribution in [0.4, 0.5) is 0 Å². The Balaban J connectivity index is 3.76. The van der Waals surface area contributed by atoms with E-state index in [1.165, 1.54) is 25.7 Å². The molecule has 0 amide bonds. The Bertz CT molecular complexity index is 171. The molecule has 0 aromatic carbocycles. The van der Waals surface area contributed by atoms with Gasteiger partial charge in [0, 0.05) is 12.6 Å². The molecule has 0 aromatic heterocycles. The van der Waals surface area contributed by atoms with E-state index < -0.39 is 5.97 Å². The van der Waals surface area contributed by atoms with Gasteiger partial charge >= 0.3 is 5.97 Å². The van der Waals surface area contributed by atoms with Crippen LogP contribution in [0.5, 0.6) is 0 Å². The second-order valence-electron chi connectivity index (χ2n) is 4.12. The van der Waals surface area contributed by atoms with E-state index in [2.05, 4.69) is 25.7 Å². The molecule has 3 heteroatoms. The van der Waals surface area contributed by atoms with Crippen molar-refractivity contribution in [1.82, 2.24) is 4.90 Å². The summed E-state index contributed by atoms with van der Waals surface area (Å²) in [6, 6.07) is 0.515. The van der Waals surface area contributed by atoms with Gasteiger partial charge in [-0.3, -0.25) is 4.79 Å². The van der Waals surface area contributed by atoms with Crippen molar-refractivity contribution in [3.63, 3.8) is 0 Å². The summed E-state index contributed by atoms with van der Waals surface area (Å²) in [5, 5.41) is 8.63. The molecule has 15 heavy (non-hydrogen) atoms. The zero-order valence-corrected chi connectivity index (χ0v) is 10.3. The van der Waals surface area contributed by atoms with Crippen molar-refractivity contribution in [2.75, 3.05) is 13.1 Å². The minimum absolute atomic E-state index is 0.256. The van der Waals surface area contributed by atoms with Crippen molar-refractivity contribution in [2.24, 2.45) is 0 Å². The molecule has 0 aromatic rings.